The quantitative estimate of drug-likeness (QED) is 0.775. The molecule has 126 valence electrons. The predicted octanol–water partition coefficient (Wildman–Crippen LogP) is 2.04. The molecule has 0 aliphatic carbocycles. The first-order chi connectivity index (χ1) is 11.6. The SMILES string of the molecule is Nc1nccnc1C(=O)Nc1ccc(NCC2CCCO2)c(F)c1. The second-order valence-corrected chi connectivity index (χ2v) is 5.45. The lowest BCUT2D eigenvalue weighted by Gasteiger charge is -2.13. The van der Waals surface area contributed by atoms with Gasteiger partial charge in [-0.2, -0.15) is 0 Å². The van der Waals surface area contributed by atoms with E-state index >= 15 is 0 Å². The van der Waals surface area contributed by atoms with Gasteiger partial charge in [0.1, 0.15) is 5.82 Å². The number of nitrogens with zero attached hydrogens (tertiary/aromatic N) is 2. The number of ether oxygens (including phenoxy) is 1. The Hall–Kier alpha value is -2.74. The molecule has 7 nitrogen and oxygen atoms in total. The van der Waals surface area contributed by atoms with Crippen LogP contribution in [0.3, 0.4) is 0 Å². The topological polar surface area (TPSA) is 102 Å². The van der Waals surface area contributed by atoms with E-state index in [9.17, 15) is 9.18 Å². The first kappa shape index (κ1) is 16.1. The molecule has 2 heterocycles. The van der Waals surface area contributed by atoms with Crippen molar-refractivity contribution in [3.05, 3.63) is 42.1 Å². The highest BCUT2D eigenvalue weighted by Crippen LogP contribution is 2.21. The van der Waals surface area contributed by atoms with E-state index < -0.39 is 11.7 Å². The molecule has 1 unspecified atom stereocenters. The molecule has 1 atom stereocenters. The highest BCUT2D eigenvalue weighted by Gasteiger charge is 2.16. The van der Waals surface area contributed by atoms with E-state index in [0.717, 1.165) is 19.4 Å². The monoisotopic (exact) mass is 331 g/mol. The third kappa shape index (κ3) is 3.77. The number of halogens is 1. The maximum Gasteiger partial charge on any atom is 0.278 e. The Bertz CT molecular complexity index is 734. The van der Waals surface area contributed by atoms with Crippen LogP contribution in [0.4, 0.5) is 21.6 Å². The molecule has 1 aliphatic heterocycles. The molecule has 0 spiro atoms. The van der Waals surface area contributed by atoms with Gasteiger partial charge in [0.15, 0.2) is 11.5 Å². The number of hydrogen-bond donors (Lipinski definition) is 3. The zero-order chi connectivity index (χ0) is 16.9. The van der Waals surface area contributed by atoms with E-state index in [2.05, 4.69) is 20.6 Å². The molecule has 0 radical (unpaired) electrons. The minimum absolute atomic E-state index is 0.00140. The molecule has 1 amide bonds. The summed E-state index contributed by atoms with van der Waals surface area (Å²) in [6.07, 6.45) is 4.88. The summed E-state index contributed by atoms with van der Waals surface area (Å²) in [7, 11) is 0. The molecule has 0 bridgehead atoms. The molecule has 1 aromatic carbocycles. The van der Waals surface area contributed by atoms with Crippen LogP contribution in [0.2, 0.25) is 0 Å². The van der Waals surface area contributed by atoms with E-state index in [1.807, 2.05) is 0 Å². The number of amides is 1. The van der Waals surface area contributed by atoms with Gasteiger partial charge in [-0.05, 0) is 31.0 Å². The summed E-state index contributed by atoms with van der Waals surface area (Å²) < 4.78 is 19.6. The molecule has 0 saturated carbocycles. The van der Waals surface area contributed by atoms with Gasteiger partial charge in [0.05, 0.1) is 11.8 Å². The fraction of sp³-hybridized carbons (Fsp3) is 0.312. The number of carbonyl (C=O) groups excluding carboxylic acids is 1. The average molecular weight is 331 g/mol. The van der Waals surface area contributed by atoms with Gasteiger partial charge < -0.3 is 21.1 Å². The normalized spacial score (nSPS) is 16.8. The van der Waals surface area contributed by atoms with Crippen LogP contribution in [-0.4, -0.2) is 35.1 Å². The maximum atomic E-state index is 14.1. The number of hydrogen-bond acceptors (Lipinski definition) is 6. The second-order valence-electron chi connectivity index (χ2n) is 5.45. The van der Waals surface area contributed by atoms with Crippen LogP contribution in [0.25, 0.3) is 0 Å². The third-order valence-corrected chi connectivity index (χ3v) is 3.71. The van der Waals surface area contributed by atoms with Crippen LogP contribution >= 0.6 is 0 Å². The lowest BCUT2D eigenvalue weighted by Crippen LogP contribution is -2.19. The van der Waals surface area contributed by atoms with Crippen molar-refractivity contribution >= 4 is 23.1 Å². The number of aromatic nitrogens is 2. The highest BCUT2D eigenvalue weighted by atomic mass is 19.1. The van der Waals surface area contributed by atoms with E-state index in [-0.39, 0.29) is 17.6 Å². The molecule has 4 N–H and O–H groups in total. The summed E-state index contributed by atoms with van der Waals surface area (Å²) in [5.74, 6) is -0.983. The van der Waals surface area contributed by atoms with Crippen molar-refractivity contribution in [2.75, 3.05) is 29.5 Å². The first-order valence-electron chi connectivity index (χ1n) is 7.66. The molecular weight excluding hydrogens is 313 g/mol. The van der Waals surface area contributed by atoms with Crippen LogP contribution in [0.15, 0.2) is 30.6 Å². The van der Waals surface area contributed by atoms with Crippen molar-refractivity contribution < 1.29 is 13.9 Å². The highest BCUT2D eigenvalue weighted by molar-refractivity contribution is 6.05. The number of nitrogen functional groups attached to an aromatic ring is 1. The fourth-order valence-electron chi connectivity index (χ4n) is 2.48. The third-order valence-electron chi connectivity index (χ3n) is 3.71. The molecular formula is C16H18FN5O2. The molecule has 1 aliphatic rings. The number of benzene rings is 1. The summed E-state index contributed by atoms with van der Waals surface area (Å²) in [5, 5.41) is 5.57. The summed E-state index contributed by atoms with van der Waals surface area (Å²) in [4.78, 5) is 19.7. The fourth-order valence-corrected chi connectivity index (χ4v) is 2.48. The average Bonchev–Trinajstić information content (AvgIpc) is 3.08. The summed E-state index contributed by atoms with van der Waals surface area (Å²) >= 11 is 0. The van der Waals surface area contributed by atoms with Crippen LogP contribution in [0, 0.1) is 5.82 Å². The largest absolute Gasteiger partial charge is 0.382 e. The van der Waals surface area contributed by atoms with Crippen LogP contribution in [0.5, 0.6) is 0 Å². The zero-order valence-corrected chi connectivity index (χ0v) is 13.0. The molecule has 1 fully saturated rings. The van der Waals surface area contributed by atoms with E-state index in [4.69, 9.17) is 10.5 Å². The van der Waals surface area contributed by atoms with Crippen LogP contribution < -0.4 is 16.4 Å². The van der Waals surface area contributed by atoms with Gasteiger partial charge in [0.2, 0.25) is 0 Å². The Labute approximate surface area is 138 Å². The maximum absolute atomic E-state index is 14.1. The number of anilines is 3. The minimum atomic E-state index is -0.542. The molecule has 8 heteroatoms. The predicted molar refractivity (Wildman–Crippen MR) is 88.3 cm³/mol. The molecule has 24 heavy (non-hydrogen) atoms. The van der Waals surface area contributed by atoms with Gasteiger partial charge in [0, 0.05) is 31.2 Å². The lowest BCUT2D eigenvalue weighted by atomic mass is 10.2. The van der Waals surface area contributed by atoms with Crippen molar-refractivity contribution in [3.63, 3.8) is 0 Å². The Morgan fingerprint density at radius 2 is 2.21 bits per heavy atom. The molecule has 1 saturated heterocycles. The number of carbonyl (C=O) groups is 1. The zero-order valence-electron chi connectivity index (χ0n) is 13.0. The standard InChI is InChI=1S/C16H18FN5O2/c17-12-8-10(22-16(23)14-15(18)20-6-5-19-14)3-4-13(12)21-9-11-2-1-7-24-11/h3-6,8,11,21H,1-2,7,9H2,(H2,18,20)(H,22,23). The Balaban J connectivity index is 1.63. The van der Waals surface area contributed by atoms with Crippen molar-refractivity contribution in [1.82, 2.24) is 9.97 Å². The Morgan fingerprint density at radius 1 is 1.38 bits per heavy atom. The second kappa shape index (κ2) is 7.22. The number of nitrogens with one attached hydrogen (secondary N) is 2. The van der Waals surface area contributed by atoms with Crippen molar-refractivity contribution in [3.8, 4) is 0 Å². The van der Waals surface area contributed by atoms with Gasteiger partial charge in [-0.3, -0.25) is 4.79 Å². The van der Waals surface area contributed by atoms with Gasteiger partial charge in [-0.15, -0.1) is 0 Å². The van der Waals surface area contributed by atoms with Gasteiger partial charge in [-0.1, -0.05) is 0 Å². The van der Waals surface area contributed by atoms with E-state index in [1.54, 1.807) is 12.1 Å². The summed E-state index contributed by atoms with van der Waals surface area (Å²) in [6, 6.07) is 4.41. The number of rotatable bonds is 5. The van der Waals surface area contributed by atoms with Gasteiger partial charge in [0.25, 0.3) is 5.91 Å². The van der Waals surface area contributed by atoms with E-state index in [0.29, 0.717) is 17.9 Å². The van der Waals surface area contributed by atoms with Crippen molar-refractivity contribution in [1.29, 1.82) is 0 Å². The van der Waals surface area contributed by atoms with Gasteiger partial charge >= 0.3 is 0 Å². The smallest absolute Gasteiger partial charge is 0.278 e. The van der Waals surface area contributed by atoms with Crippen LogP contribution in [-0.2, 0) is 4.74 Å². The number of nitrogens with two attached hydrogens (primary N) is 1. The first-order valence-corrected chi connectivity index (χ1v) is 7.66. The summed E-state index contributed by atoms with van der Waals surface area (Å²) in [5.41, 5.74) is 6.27. The lowest BCUT2D eigenvalue weighted by molar-refractivity contribution is 0.102. The Kier molecular flexibility index (Phi) is 4.85. The molecule has 1 aromatic heterocycles. The summed E-state index contributed by atoms with van der Waals surface area (Å²) in [6.45, 7) is 1.31. The van der Waals surface area contributed by atoms with Crippen molar-refractivity contribution in [2.45, 2.75) is 18.9 Å². The minimum Gasteiger partial charge on any atom is -0.382 e. The van der Waals surface area contributed by atoms with Gasteiger partial charge in [-0.25, -0.2) is 14.4 Å². The molecule has 3 rings (SSSR count). The van der Waals surface area contributed by atoms with Crippen LogP contribution in [0.1, 0.15) is 23.3 Å². The van der Waals surface area contributed by atoms with E-state index in [1.165, 1.54) is 18.5 Å². The molecule has 2 aromatic rings. The van der Waals surface area contributed by atoms with Crippen molar-refractivity contribution in [2.24, 2.45) is 0 Å². The Morgan fingerprint density at radius 3 is 2.92 bits per heavy atom.